The molecule has 5 rings (SSSR count). The van der Waals surface area contributed by atoms with Crippen LogP contribution in [0.5, 0.6) is 17.2 Å². The van der Waals surface area contributed by atoms with Gasteiger partial charge in [0.25, 0.3) is 5.56 Å². The van der Waals surface area contributed by atoms with Gasteiger partial charge >= 0.3 is 5.97 Å². The molecule has 1 aliphatic rings. The molecule has 1 aromatic heterocycles. The Morgan fingerprint density at radius 2 is 1.73 bits per heavy atom. The van der Waals surface area contributed by atoms with Crippen molar-refractivity contribution in [1.29, 1.82) is 0 Å². The maximum atomic E-state index is 14.1. The first-order valence-corrected chi connectivity index (χ1v) is 17.2. The van der Waals surface area contributed by atoms with Crippen LogP contribution in [0.2, 0.25) is 0 Å². The van der Waals surface area contributed by atoms with Crippen LogP contribution in [0.3, 0.4) is 0 Å². The van der Waals surface area contributed by atoms with Gasteiger partial charge in [-0.05, 0) is 106 Å². The average molecular weight is 901 g/mol. The second-order valence-corrected chi connectivity index (χ2v) is 13.8. The molecule has 3 aromatic carbocycles. The number of benzene rings is 3. The minimum Gasteiger partial charge on any atom is -0.493 e. The summed E-state index contributed by atoms with van der Waals surface area (Å²) in [4.78, 5) is 32.6. The first-order chi connectivity index (χ1) is 21.2. The quantitative estimate of drug-likeness (QED) is 0.144. The van der Waals surface area contributed by atoms with Crippen LogP contribution in [0.25, 0.3) is 6.08 Å². The molecular weight excluding hydrogens is 874 g/mol. The van der Waals surface area contributed by atoms with E-state index in [0.29, 0.717) is 43.2 Å². The fourth-order valence-electron chi connectivity index (χ4n) is 4.85. The SMILES string of the molecule is CCOC(=O)C1=C(C)N=c2s/c(=C\c3cc(I)c(OCc4ccccc4)c(I)c3)c(=O)n2C1c1cc(OC)c(OC)cc1Br. The topological polar surface area (TPSA) is 88.4 Å². The lowest BCUT2D eigenvalue weighted by Crippen LogP contribution is -2.40. The number of hydrogen-bond acceptors (Lipinski definition) is 8. The van der Waals surface area contributed by atoms with E-state index < -0.39 is 12.0 Å². The number of thiazole rings is 1. The summed E-state index contributed by atoms with van der Waals surface area (Å²) in [7, 11) is 3.08. The van der Waals surface area contributed by atoms with Crippen molar-refractivity contribution in [1.82, 2.24) is 4.57 Å². The van der Waals surface area contributed by atoms with Gasteiger partial charge < -0.3 is 18.9 Å². The maximum absolute atomic E-state index is 14.1. The molecule has 1 aliphatic heterocycles. The summed E-state index contributed by atoms with van der Waals surface area (Å²) in [5.74, 6) is 1.23. The van der Waals surface area contributed by atoms with Crippen molar-refractivity contribution in [2.24, 2.45) is 4.99 Å². The minimum absolute atomic E-state index is 0.183. The molecule has 0 fully saturated rings. The zero-order chi connectivity index (χ0) is 31.5. The molecule has 1 atom stereocenters. The number of allylic oxidation sites excluding steroid dienone is 1. The van der Waals surface area contributed by atoms with Crippen molar-refractivity contribution in [3.8, 4) is 17.2 Å². The van der Waals surface area contributed by atoms with Crippen LogP contribution in [0, 0.1) is 7.14 Å². The van der Waals surface area contributed by atoms with Gasteiger partial charge in [0, 0.05) is 4.47 Å². The number of ether oxygens (including phenoxy) is 4. The summed E-state index contributed by atoms with van der Waals surface area (Å²) in [6.07, 6.45) is 1.85. The summed E-state index contributed by atoms with van der Waals surface area (Å²) in [6.45, 7) is 4.13. The Morgan fingerprint density at radius 1 is 1.07 bits per heavy atom. The fraction of sp³-hybridized carbons (Fsp3) is 0.219. The summed E-state index contributed by atoms with van der Waals surface area (Å²) in [5, 5.41) is 0. The number of carbonyl (C=O) groups is 1. The van der Waals surface area contributed by atoms with Crippen LogP contribution in [0.1, 0.15) is 36.6 Å². The van der Waals surface area contributed by atoms with E-state index in [9.17, 15) is 9.59 Å². The highest BCUT2D eigenvalue weighted by molar-refractivity contribution is 14.1. The number of halogens is 3. The highest BCUT2D eigenvalue weighted by Gasteiger charge is 2.35. The Morgan fingerprint density at radius 3 is 2.36 bits per heavy atom. The largest absolute Gasteiger partial charge is 0.493 e. The van der Waals surface area contributed by atoms with Crippen molar-refractivity contribution in [2.45, 2.75) is 26.5 Å². The molecule has 0 aliphatic carbocycles. The van der Waals surface area contributed by atoms with Gasteiger partial charge in [0.2, 0.25) is 0 Å². The number of esters is 1. The molecule has 1 unspecified atom stereocenters. The maximum Gasteiger partial charge on any atom is 0.338 e. The number of carbonyl (C=O) groups excluding carboxylic acids is 1. The van der Waals surface area contributed by atoms with Crippen molar-refractivity contribution >= 4 is 84.5 Å². The Kier molecular flexibility index (Phi) is 10.5. The van der Waals surface area contributed by atoms with Crippen LogP contribution in [0.15, 0.2) is 80.1 Å². The summed E-state index contributed by atoms with van der Waals surface area (Å²) < 4.78 is 27.1. The van der Waals surface area contributed by atoms with Crippen molar-refractivity contribution < 1.29 is 23.7 Å². The predicted molar refractivity (Wildman–Crippen MR) is 190 cm³/mol. The lowest BCUT2D eigenvalue weighted by Gasteiger charge is -2.26. The normalized spacial score (nSPS) is 14.6. The van der Waals surface area contributed by atoms with E-state index in [1.807, 2.05) is 48.5 Å². The van der Waals surface area contributed by atoms with Gasteiger partial charge in [-0.3, -0.25) is 9.36 Å². The number of aromatic nitrogens is 1. The molecule has 0 spiro atoms. The third kappa shape index (κ3) is 6.63. The number of hydrogen-bond donors (Lipinski definition) is 0. The third-order valence-corrected chi connectivity index (χ3v) is 10.1. The Hall–Kier alpha value is -2.69. The van der Waals surface area contributed by atoms with E-state index in [4.69, 9.17) is 18.9 Å². The molecule has 0 amide bonds. The van der Waals surface area contributed by atoms with Crippen LogP contribution < -0.4 is 29.1 Å². The fourth-order valence-corrected chi connectivity index (χ4v) is 8.56. The first kappa shape index (κ1) is 32.7. The van der Waals surface area contributed by atoms with E-state index in [1.165, 1.54) is 18.4 Å². The number of nitrogens with zero attached hydrogens (tertiary/aromatic N) is 2. The standard InChI is InChI=1S/C32H27BrI2N2O6S/c1-5-42-31(39)27-17(2)36-32-37(28(27)20-14-24(40-3)25(41-4)15-21(20)33)30(38)26(44-32)13-19-11-22(34)29(23(35)12-19)43-16-18-9-7-6-8-10-18/h6-15,28H,5,16H2,1-4H3/b26-13-. The second-order valence-electron chi connectivity index (χ2n) is 9.62. The van der Waals surface area contributed by atoms with Crippen molar-refractivity contribution in [3.05, 3.63) is 114 Å². The van der Waals surface area contributed by atoms with Crippen LogP contribution in [-0.4, -0.2) is 31.4 Å². The molecule has 12 heteroatoms. The minimum atomic E-state index is -0.810. The van der Waals surface area contributed by atoms with E-state index in [-0.39, 0.29) is 17.7 Å². The number of fused-ring (bicyclic) bond motifs is 1. The van der Waals surface area contributed by atoms with E-state index in [0.717, 1.165) is 24.0 Å². The zero-order valence-electron chi connectivity index (χ0n) is 24.2. The van der Waals surface area contributed by atoms with E-state index in [1.54, 1.807) is 37.7 Å². The number of methoxy groups -OCH3 is 2. The van der Waals surface area contributed by atoms with Crippen LogP contribution in [-0.2, 0) is 16.1 Å². The van der Waals surface area contributed by atoms with Gasteiger partial charge in [-0.15, -0.1) is 0 Å². The average Bonchev–Trinajstić information content (AvgIpc) is 3.30. The molecule has 0 bridgehead atoms. The Labute approximate surface area is 293 Å². The smallest absolute Gasteiger partial charge is 0.338 e. The van der Waals surface area contributed by atoms with Gasteiger partial charge in [0.15, 0.2) is 16.3 Å². The highest BCUT2D eigenvalue weighted by atomic mass is 127. The number of rotatable bonds is 9. The summed E-state index contributed by atoms with van der Waals surface area (Å²) >= 11 is 9.41. The Bertz CT molecular complexity index is 1930. The lowest BCUT2D eigenvalue weighted by molar-refractivity contribution is -0.139. The molecule has 0 N–H and O–H groups in total. The van der Waals surface area contributed by atoms with Crippen LogP contribution in [0.4, 0.5) is 0 Å². The van der Waals surface area contributed by atoms with Gasteiger partial charge in [-0.25, -0.2) is 9.79 Å². The molecule has 0 saturated carbocycles. The van der Waals surface area contributed by atoms with Crippen LogP contribution >= 0.6 is 72.4 Å². The van der Waals surface area contributed by atoms with E-state index >= 15 is 0 Å². The molecule has 2 heterocycles. The zero-order valence-corrected chi connectivity index (χ0v) is 30.9. The molecule has 44 heavy (non-hydrogen) atoms. The van der Waals surface area contributed by atoms with Gasteiger partial charge in [0.1, 0.15) is 12.4 Å². The van der Waals surface area contributed by atoms with Crippen molar-refractivity contribution in [3.63, 3.8) is 0 Å². The van der Waals surface area contributed by atoms with Gasteiger partial charge in [-0.1, -0.05) is 57.6 Å². The monoisotopic (exact) mass is 900 g/mol. The second kappa shape index (κ2) is 14.2. The molecule has 4 aromatic rings. The van der Waals surface area contributed by atoms with Gasteiger partial charge in [-0.2, -0.15) is 0 Å². The first-order valence-electron chi connectivity index (χ1n) is 13.4. The Balaban J connectivity index is 1.62. The molecule has 0 radical (unpaired) electrons. The van der Waals surface area contributed by atoms with Gasteiger partial charge in [0.05, 0.1) is 49.8 Å². The molecular formula is C32H27BrI2N2O6S. The lowest BCUT2D eigenvalue weighted by atomic mass is 9.95. The molecule has 8 nitrogen and oxygen atoms in total. The molecule has 0 saturated heterocycles. The molecule has 228 valence electrons. The highest BCUT2D eigenvalue weighted by Crippen LogP contribution is 2.41. The third-order valence-electron chi connectivity index (χ3n) is 6.86. The summed E-state index contributed by atoms with van der Waals surface area (Å²) in [5.41, 5.74) is 3.05. The van der Waals surface area contributed by atoms with Crippen molar-refractivity contribution in [2.75, 3.05) is 20.8 Å². The predicted octanol–water partition coefficient (Wildman–Crippen LogP) is 6.37. The van der Waals surface area contributed by atoms with E-state index in [2.05, 4.69) is 66.1 Å². The summed E-state index contributed by atoms with van der Waals surface area (Å²) in [6, 6.07) is 16.7.